The number of nitrogens with zero attached hydrogens (tertiary/aromatic N) is 5. The van der Waals surface area contributed by atoms with E-state index in [0.29, 0.717) is 12.0 Å². The standard InChI is InChI=1S/C17H23N7/c1-23-8-10-24(11-9-23)15-6-4-14(5-7-15)20-17-21-16(12-18-22-17)19-13-2-3-13/h4-7,12-13H,2-3,8-11H2,1H3,(H2,19,20,21,22). The average molecular weight is 325 g/mol. The zero-order valence-electron chi connectivity index (χ0n) is 13.9. The maximum absolute atomic E-state index is 4.46. The summed E-state index contributed by atoms with van der Waals surface area (Å²) in [4.78, 5) is 9.24. The number of benzene rings is 1. The van der Waals surface area contributed by atoms with Crippen LogP contribution in [0.5, 0.6) is 0 Å². The highest BCUT2D eigenvalue weighted by Gasteiger charge is 2.21. The Morgan fingerprint density at radius 2 is 1.79 bits per heavy atom. The molecular weight excluding hydrogens is 302 g/mol. The Kier molecular flexibility index (Phi) is 4.17. The Labute approximate surface area is 142 Å². The van der Waals surface area contributed by atoms with Crippen LogP contribution >= 0.6 is 0 Å². The fourth-order valence-corrected chi connectivity index (χ4v) is 2.81. The molecule has 0 spiro atoms. The van der Waals surface area contributed by atoms with E-state index in [1.807, 2.05) is 0 Å². The Morgan fingerprint density at radius 3 is 2.50 bits per heavy atom. The second-order valence-corrected chi connectivity index (χ2v) is 6.55. The van der Waals surface area contributed by atoms with Crippen molar-refractivity contribution >= 4 is 23.1 Å². The first kappa shape index (κ1) is 15.1. The van der Waals surface area contributed by atoms with E-state index in [2.05, 4.69) is 66.9 Å². The number of hydrogen-bond acceptors (Lipinski definition) is 7. The summed E-state index contributed by atoms with van der Waals surface area (Å²) in [5.74, 6) is 1.30. The van der Waals surface area contributed by atoms with Gasteiger partial charge in [-0.2, -0.15) is 10.1 Å². The zero-order valence-corrected chi connectivity index (χ0v) is 13.9. The molecule has 0 atom stereocenters. The first-order valence-corrected chi connectivity index (χ1v) is 8.53. The summed E-state index contributed by atoms with van der Waals surface area (Å²) < 4.78 is 0. The molecule has 0 amide bonds. The van der Waals surface area contributed by atoms with Crippen LogP contribution in [-0.2, 0) is 0 Å². The van der Waals surface area contributed by atoms with Crippen LogP contribution in [0.25, 0.3) is 0 Å². The van der Waals surface area contributed by atoms with Gasteiger partial charge in [0.2, 0.25) is 5.95 Å². The predicted octanol–water partition coefficient (Wildman–Crippen LogP) is 1.94. The molecule has 2 aliphatic rings. The van der Waals surface area contributed by atoms with Crippen LogP contribution in [0.2, 0.25) is 0 Å². The molecule has 2 heterocycles. The van der Waals surface area contributed by atoms with Crippen molar-refractivity contribution in [2.75, 3.05) is 48.8 Å². The summed E-state index contributed by atoms with van der Waals surface area (Å²) in [5.41, 5.74) is 2.23. The molecule has 1 aliphatic carbocycles. The molecule has 0 radical (unpaired) electrons. The number of nitrogens with one attached hydrogen (secondary N) is 2. The molecule has 126 valence electrons. The fraction of sp³-hybridized carbons (Fsp3) is 0.471. The molecule has 24 heavy (non-hydrogen) atoms. The van der Waals surface area contributed by atoms with Gasteiger partial charge in [-0.3, -0.25) is 0 Å². The van der Waals surface area contributed by atoms with Gasteiger partial charge < -0.3 is 20.4 Å². The molecule has 1 aliphatic heterocycles. The predicted molar refractivity (Wildman–Crippen MR) is 95.9 cm³/mol. The Hall–Kier alpha value is -2.41. The lowest BCUT2D eigenvalue weighted by Crippen LogP contribution is -2.44. The molecule has 0 bridgehead atoms. The van der Waals surface area contributed by atoms with Crippen molar-refractivity contribution in [2.24, 2.45) is 0 Å². The number of likely N-dealkylation sites (N-methyl/N-ethyl adjacent to an activating group) is 1. The lowest BCUT2D eigenvalue weighted by molar-refractivity contribution is 0.313. The molecule has 2 aromatic rings. The van der Waals surface area contributed by atoms with Crippen LogP contribution in [-0.4, -0.2) is 59.3 Å². The van der Waals surface area contributed by atoms with Crippen LogP contribution < -0.4 is 15.5 Å². The minimum atomic E-state index is 0.521. The van der Waals surface area contributed by atoms with Crippen molar-refractivity contribution in [3.8, 4) is 0 Å². The van der Waals surface area contributed by atoms with Crippen LogP contribution in [0.3, 0.4) is 0 Å². The van der Waals surface area contributed by atoms with Gasteiger partial charge in [-0.25, -0.2) is 0 Å². The Balaban J connectivity index is 1.39. The SMILES string of the molecule is CN1CCN(c2ccc(Nc3nncc(NC4CC4)n3)cc2)CC1. The Bertz CT molecular complexity index is 676. The zero-order chi connectivity index (χ0) is 16.4. The fourth-order valence-electron chi connectivity index (χ4n) is 2.81. The van der Waals surface area contributed by atoms with Crippen molar-refractivity contribution in [3.63, 3.8) is 0 Å². The second-order valence-electron chi connectivity index (χ2n) is 6.55. The summed E-state index contributed by atoms with van der Waals surface area (Å²) in [6.45, 7) is 4.37. The third-order valence-corrected chi connectivity index (χ3v) is 4.48. The van der Waals surface area contributed by atoms with Gasteiger partial charge in [0.1, 0.15) is 0 Å². The molecule has 1 aromatic carbocycles. The Morgan fingerprint density at radius 1 is 1.04 bits per heavy atom. The highest BCUT2D eigenvalue weighted by molar-refractivity contribution is 5.59. The van der Waals surface area contributed by atoms with Crippen molar-refractivity contribution in [2.45, 2.75) is 18.9 Å². The average Bonchev–Trinajstić information content (AvgIpc) is 3.41. The van der Waals surface area contributed by atoms with Gasteiger partial charge in [-0.1, -0.05) is 0 Å². The van der Waals surface area contributed by atoms with Crippen LogP contribution in [0.1, 0.15) is 12.8 Å². The summed E-state index contributed by atoms with van der Waals surface area (Å²) in [6, 6.07) is 8.98. The normalized spacial score (nSPS) is 18.5. The summed E-state index contributed by atoms with van der Waals surface area (Å²) in [7, 11) is 2.17. The third kappa shape index (κ3) is 3.73. The van der Waals surface area contributed by atoms with Gasteiger partial charge in [0.25, 0.3) is 0 Å². The number of piperazine rings is 1. The van der Waals surface area contributed by atoms with E-state index >= 15 is 0 Å². The molecule has 0 unspecified atom stereocenters. The number of aromatic nitrogens is 3. The van der Waals surface area contributed by atoms with Crippen LogP contribution in [0.15, 0.2) is 30.5 Å². The molecule has 1 saturated carbocycles. The molecule has 7 heteroatoms. The van der Waals surface area contributed by atoms with Crippen LogP contribution in [0.4, 0.5) is 23.1 Å². The number of hydrogen-bond donors (Lipinski definition) is 2. The van der Waals surface area contributed by atoms with E-state index in [-0.39, 0.29) is 0 Å². The summed E-state index contributed by atoms with van der Waals surface area (Å²) in [6.07, 6.45) is 4.08. The molecular formula is C17H23N7. The topological polar surface area (TPSA) is 69.2 Å². The van der Waals surface area contributed by atoms with Crippen molar-refractivity contribution in [1.29, 1.82) is 0 Å². The molecule has 2 N–H and O–H groups in total. The molecule has 1 saturated heterocycles. The van der Waals surface area contributed by atoms with Crippen molar-refractivity contribution in [1.82, 2.24) is 20.1 Å². The minimum Gasteiger partial charge on any atom is -0.369 e. The minimum absolute atomic E-state index is 0.521. The quantitative estimate of drug-likeness (QED) is 0.870. The van der Waals surface area contributed by atoms with Crippen molar-refractivity contribution < 1.29 is 0 Å². The van der Waals surface area contributed by atoms with Crippen molar-refractivity contribution in [3.05, 3.63) is 30.5 Å². The van der Waals surface area contributed by atoms with E-state index in [9.17, 15) is 0 Å². The first-order chi connectivity index (χ1) is 11.8. The highest BCUT2D eigenvalue weighted by atomic mass is 15.3. The largest absolute Gasteiger partial charge is 0.369 e. The van der Waals surface area contributed by atoms with Gasteiger partial charge in [0.15, 0.2) is 5.82 Å². The number of anilines is 4. The summed E-state index contributed by atoms with van der Waals surface area (Å²) >= 11 is 0. The van der Waals surface area contributed by atoms with E-state index in [1.165, 1.54) is 18.5 Å². The van der Waals surface area contributed by atoms with Gasteiger partial charge >= 0.3 is 0 Å². The smallest absolute Gasteiger partial charge is 0.249 e. The van der Waals surface area contributed by atoms with E-state index < -0.39 is 0 Å². The maximum atomic E-state index is 4.46. The molecule has 7 nitrogen and oxygen atoms in total. The lowest BCUT2D eigenvalue weighted by Gasteiger charge is -2.34. The highest BCUT2D eigenvalue weighted by Crippen LogP contribution is 2.24. The molecule has 4 rings (SSSR count). The van der Waals surface area contributed by atoms with Gasteiger partial charge in [0.05, 0.1) is 6.20 Å². The lowest BCUT2D eigenvalue weighted by atomic mass is 10.2. The third-order valence-electron chi connectivity index (χ3n) is 4.48. The van der Waals surface area contributed by atoms with Crippen LogP contribution in [0, 0.1) is 0 Å². The van der Waals surface area contributed by atoms with Gasteiger partial charge in [-0.05, 0) is 44.2 Å². The molecule has 1 aromatic heterocycles. The number of rotatable bonds is 5. The van der Waals surface area contributed by atoms with E-state index in [1.54, 1.807) is 6.20 Å². The monoisotopic (exact) mass is 325 g/mol. The van der Waals surface area contributed by atoms with Gasteiger partial charge in [0, 0.05) is 43.6 Å². The van der Waals surface area contributed by atoms with Gasteiger partial charge in [-0.15, -0.1) is 5.10 Å². The van der Waals surface area contributed by atoms with E-state index in [0.717, 1.165) is 37.7 Å². The summed E-state index contributed by atoms with van der Waals surface area (Å²) in [5, 5.41) is 14.6. The molecule has 2 fully saturated rings. The second kappa shape index (κ2) is 6.60. The van der Waals surface area contributed by atoms with E-state index in [4.69, 9.17) is 0 Å². The maximum Gasteiger partial charge on any atom is 0.249 e. The first-order valence-electron chi connectivity index (χ1n) is 8.53.